The predicted octanol–water partition coefficient (Wildman–Crippen LogP) is 3.37. The average molecular weight is 215 g/mol. The van der Waals surface area contributed by atoms with E-state index in [1.165, 1.54) is 50.5 Å². The van der Waals surface area contributed by atoms with Gasteiger partial charge in [0.1, 0.15) is 0 Å². The Balaban J connectivity index is 1.72. The van der Waals surface area contributed by atoms with Crippen molar-refractivity contribution in [3.63, 3.8) is 0 Å². The molecule has 86 valence electrons. The SMILES string of the molecule is NC(CC1CCC1)c1ccc2c(c1)CCC2. The van der Waals surface area contributed by atoms with E-state index in [0.29, 0.717) is 0 Å². The molecular weight excluding hydrogens is 194 g/mol. The molecule has 16 heavy (non-hydrogen) atoms. The summed E-state index contributed by atoms with van der Waals surface area (Å²) in [4.78, 5) is 0. The summed E-state index contributed by atoms with van der Waals surface area (Å²) in [5, 5.41) is 0. The highest BCUT2D eigenvalue weighted by molar-refractivity contribution is 5.36. The zero-order valence-corrected chi connectivity index (χ0v) is 9.91. The fourth-order valence-corrected chi connectivity index (χ4v) is 3.05. The summed E-state index contributed by atoms with van der Waals surface area (Å²) >= 11 is 0. The van der Waals surface area contributed by atoms with Gasteiger partial charge in [0, 0.05) is 6.04 Å². The van der Waals surface area contributed by atoms with Gasteiger partial charge < -0.3 is 5.73 Å². The molecule has 1 saturated carbocycles. The highest BCUT2D eigenvalue weighted by Gasteiger charge is 2.21. The molecule has 3 rings (SSSR count). The summed E-state index contributed by atoms with van der Waals surface area (Å²) in [5.74, 6) is 0.906. The Labute approximate surface area is 98.0 Å². The second-order valence-corrected chi connectivity index (χ2v) is 5.52. The van der Waals surface area contributed by atoms with Gasteiger partial charge in [-0.1, -0.05) is 37.5 Å². The highest BCUT2D eigenvalue weighted by atomic mass is 14.6. The van der Waals surface area contributed by atoms with Crippen LogP contribution in [0.2, 0.25) is 0 Å². The number of aryl methyl sites for hydroxylation is 2. The Morgan fingerprint density at radius 3 is 2.69 bits per heavy atom. The molecule has 1 fully saturated rings. The lowest BCUT2D eigenvalue weighted by atomic mass is 9.79. The minimum atomic E-state index is 0.274. The third kappa shape index (κ3) is 1.89. The van der Waals surface area contributed by atoms with Crippen molar-refractivity contribution in [2.45, 2.75) is 51.0 Å². The van der Waals surface area contributed by atoms with Crippen molar-refractivity contribution in [1.29, 1.82) is 0 Å². The number of fused-ring (bicyclic) bond motifs is 1. The van der Waals surface area contributed by atoms with Crippen molar-refractivity contribution in [2.75, 3.05) is 0 Å². The van der Waals surface area contributed by atoms with Gasteiger partial charge in [0.15, 0.2) is 0 Å². The van der Waals surface area contributed by atoms with Crippen LogP contribution in [0.25, 0.3) is 0 Å². The Bertz CT molecular complexity index is 379. The highest BCUT2D eigenvalue weighted by Crippen LogP contribution is 2.34. The molecule has 0 spiro atoms. The van der Waals surface area contributed by atoms with Crippen molar-refractivity contribution in [3.8, 4) is 0 Å². The number of rotatable bonds is 3. The van der Waals surface area contributed by atoms with Gasteiger partial charge in [-0.15, -0.1) is 0 Å². The summed E-state index contributed by atoms with van der Waals surface area (Å²) in [6, 6.07) is 7.20. The average Bonchev–Trinajstić information content (AvgIpc) is 2.69. The number of benzene rings is 1. The summed E-state index contributed by atoms with van der Waals surface area (Å²) in [6.45, 7) is 0. The molecule has 2 N–H and O–H groups in total. The molecule has 1 nitrogen and oxygen atoms in total. The maximum absolute atomic E-state index is 6.30. The Hall–Kier alpha value is -0.820. The van der Waals surface area contributed by atoms with Gasteiger partial charge in [-0.3, -0.25) is 0 Å². The van der Waals surface area contributed by atoms with Gasteiger partial charge in [0.2, 0.25) is 0 Å². The topological polar surface area (TPSA) is 26.0 Å². The lowest BCUT2D eigenvalue weighted by Crippen LogP contribution is -2.20. The molecule has 0 amide bonds. The van der Waals surface area contributed by atoms with E-state index in [1.54, 1.807) is 11.1 Å². The lowest BCUT2D eigenvalue weighted by Gasteiger charge is -2.28. The molecule has 0 saturated heterocycles. The normalized spacial score (nSPS) is 21.6. The molecule has 1 unspecified atom stereocenters. The van der Waals surface area contributed by atoms with E-state index in [1.807, 2.05) is 0 Å². The van der Waals surface area contributed by atoms with E-state index in [4.69, 9.17) is 5.73 Å². The van der Waals surface area contributed by atoms with E-state index < -0.39 is 0 Å². The van der Waals surface area contributed by atoms with Crippen LogP contribution in [-0.4, -0.2) is 0 Å². The molecule has 2 aliphatic carbocycles. The van der Waals surface area contributed by atoms with Crippen molar-refractivity contribution >= 4 is 0 Å². The first kappa shape index (κ1) is 10.3. The minimum absolute atomic E-state index is 0.274. The van der Waals surface area contributed by atoms with Gasteiger partial charge in [-0.25, -0.2) is 0 Å². The van der Waals surface area contributed by atoms with Gasteiger partial charge in [0.25, 0.3) is 0 Å². The van der Waals surface area contributed by atoms with Gasteiger partial charge in [0.05, 0.1) is 0 Å². The molecule has 0 aromatic heterocycles. The van der Waals surface area contributed by atoms with Crippen LogP contribution in [0.5, 0.6) is 0 Å². The van der Waals surface area contributed by atoms with E-state index >= 15 is 0 Å². The molecule has 0 bridgehead atoms. The second kappa shape index (κ2) is 4.21. The molecule has 0 radical (unpaired) electrons. The first-order valence-corrected chi connectivity index (χ1v) is 6.70. The predicted molar refractivity (Wildman–Crippen MR) is 67.4 cm³/mol. The maximum Gasteiger partial charge on any atom is 0.0297 e. The summed E-state index contributed by atoms with van der Waals surface area (Å²) in [6.07, 6.45) is 9.28. The Morgan fingerprint density at radius 2 is 1.94 bits per heavy atom. The van der Waals surface area contributed by atoms with Crippen LogP contribution in [0.4, 0.5) is 0 Å². The quantitative estimate of drug-likeness (QED) is 0.822. The second-order valence-electron chi connectivity index (χ2n) is 5.52. The van der Waals surface area contributed by atoms with Crippen LogP contribution in [-0.2, 0) is 12.8 Å². The van der Waals surface area contributed by atoms with Crippen molar-refractivity contribution in [2.24, 2.45) is 11.7 Å². The van der Waals surface area contributed by atoms with E-state index in [0.717, 1.165) is 5.92 Å². The zero-order chi connectivity index (χ0) is 11.0. The van der Waals surface area contributed by atoms with Gasteiger partial charge >= 0.3 is 0 Å². The van der Waals surface area contributed by atoms with Crippen molar-refractivity contribution in [1.82, 2.24) is 0 Å². The Kier molecular flexibility index (Phi) is 2.72. The largest absolute Gasteiger partial charge is 0.324 e. The van der Waals surface area contributed by atoms with Crippen LogP contribution in [0.15, 0.2) is 18.2 Å². The lowest BCUT2D eigenvalue weighted by molar-refractivity contribution is 0.277. The van der Waals surface area contributed by atoms with Crippen LogP contribution in [0.3, 0.4) is 0 Å². The molecule has 2 aliphatic rings. The molecule has 1 heteroatoms. The summed E-state index contributed by atoms with van der Waals surface area (Å²) < 4.78 is 0. The maximum atomic E-state index is 6.30. The third-order valence-corrected chi connectivity index (χ3v) is 4.36. The molecule has 0 aliphatic heterocycles. The third-order valence-electron chi connectivity index (χ3n) is 4.36. The molecule has 1 aromatic rings. The number of hydrogen-bond donors (Lipinski definition) is 1. The smallest absolute Gasteiger partial charge is 0.0297 e. The van der Waals surface area contributed by atoms with Gasteiger partial charge in [-0.2, -0.15) is 0 Å². The van der Waals surface area contributed by atoms with Crippen LogP contribution in [0.1, 0.15) is 54.8 Å². The van der Waals surface area contributed by atoms with Crippen LogP contribution < -0.4 is 5.73 Å². The van der Waals surface area contributed by atoms with Crippen molar-refractivity contribution < 1.29 is 0 Å². The fourth-order valence-electron chi connectivity index (χ4n) is 3.05. The fraction of sp³-hybridized carbons (Fsp3) is 0.600. The number of nitrogens with two attached hydrogens (primary N) is 1. The van der Waals surface area contributed by atoms with Crippen LogP contribution in [0, 0.1) is 5.92 Å². The van der Waals surface area contributed by atoms with E-state index in [-0.39, 0.29) is 6.04 Å². The molecular formula is C15H21N. The van der Waals surface area contributed by atoms with Crippen LogP contribution >= 0.6 is 0 Å². The van der Waals surface area contributed by atoms with Gasteiger partial charge in [-0.05, 0) is 48.3 Å². The van der Waals surface area contributed by atoms with E-state index in [2.05, 4.69) is 18.2 Å². The first-order chi connectivity index (χ1) is 7.83. The monoisotopic (exact) mass is 215 g/mol. The molecule has 1 aromatic carbocycles. The minimum Gasteiger partial charge on any atom is -0.324 e. The van der Waals surface area contributed by atoms with E-state index in [9.17, 15) is 0 Å². The molecule has 1 atom stereocenters. The summed E-state index contributed by atoms with van der Waals surface area (Å²) in [7, 11) is 0. The standard InChI is InChI=1S/C15H21N/c16-15(9-11-3-1-4-11)14-8-7-12-5-2-6-13(12)10-14/h7-8,10-11,15H,1-6,9,16H2. The first-order valence-electron chi connectivity index (χ1n) is 6.70. The Morgan fingerprint density at radius 1 is 1.12 bits per heavy atom. The molecule has 0 heterocycles. The summed E-state index contributed by atoms with van der Waals surface area (Å²) in [5.41, 5.74) is 10.8. The van der Waals surface area contributed by atoms with Crippen molar-refractivity contribution in [3.05, 3.63) is 34.9 Å². The zero-order valence-electron chi connectivity index (χ0n) is 9.91. The number of hydrogen-bond acceptors (Lipinski definition) is 1.